The molecule has 1 aliphatic rings. The minimum Gasteiger partial charge on any atom is -0.347 e. The number of aromatic nitrogens is 2. The van der Waals surface area contributed by atoms with Crippen molar-refractivity contribution in [2.75, 3.05) is 5.75 Å². The normalized spacial score (nSPS) is 13.9. The molecular formula is C28H29N2OS+. The summed E-state index contributed by atoms with van der Waals surface area (Å²) in [5.74, 6) is 0.936. The molecule has 0 bridgehead atoms. The molecule has 2 aromatic heterocycles. The first kappa shape index (κ1) is 21.0. The van der Waals surface area contributed by atoms with E-state index in [4.69, 9.17) is 0 Å². The Morgan fingerprint density at radius 2 is 1.88 bits per heavy atom. The van der Waals surface area contributed by atoms with Crippen molar-refractivity contribution in [1.29, 1.82) is 0 Å². The number of carbonyl (C=O) groups excluding carboxylic acids is 1. The second-order valence-electron chi connectivity index (χ2n) is 9.31. The molecule has 3 heterocycles. The molecular weight excluding hydrogens is 412 g/mol. The van der Waals surface area contributed by atoms with E-state index >= 15 is 0 Å². The number of ketones is 1. The van der Waals surface area contributed by atoms with Crippen LogP contribution in [0.25, 0.3) is 27.7 Å². The molecule has 0 unspecified atom stereocenters. The molecule has 1 aliphatic heterocycles. The van der Waals surface area contributed by atoms with Gasteiger partial charge in [0, 0.05) is 65.0 Å². The maximum absolute atomic E-state index is 12.6. The number of Topliss-reactive ketones (excluding diaryl/α,β-unsaturated/α-hetero) is 1. The molecule has 32 heavy (non-hydrogen) atoms. The fraction of sp³-hybridized carbons (Fsp3) is 0.286. The Morgan fingerprint density at radius 1 is 1.09 bits per heavy atom. The predicted octanol–water partition coefficient (Wildman–Crippen LogP) is 5.96. The highest BCUT2D eigenvalue weighted by molar-refractivity contribution is 7.80. The number of para-hydroxylation sites is 1. The van der Waals surface area contributed by atoms with Gasteiger partial charge in [0.15, 0.2) is 17.7 Å². The Balaban J connectivity index is 1.63. The van der Waals surface area contributed by atoms with Gasteiger partial charge in [-0.2, -0.15) is 17.2 Å². The monoisotopic (exact) mass is 441 g/mol. The van der Waals surface area contributed by atoms with Crippen molar-refractivity contribution in [2.45, 2.75) is 39.0 Å². The van der Waals surface area contributed by atoms with E-state index < -0.39 is 0 Å². The fourth-order valence-corrected chi connectivity index (χ4v) is 5.33. The second-order valence-corrected chi connectivity index (χ2v) is 9.76. The number of aryl methyl sites for hydroxylation is 1. The molecule has 0 amide bonds. The quantitative estimate of drug-likeness (QED) is 0.231. The Kier molecular flexibility index (Phi) is 5.01. The lowest BCUT2D eigenvalue weighted by atomic mass is 9.81. The number of benzene rings is 2. The minimum absolute atomic E-state index is 0.191. The Morgan fingerprint density at radius 3 is 2.66 bits per heavy atom. The van der Waals surface area contributed by atoms with Crippen molar-refractivity contribution >= 4 is 29.3 Å². The van der Waals surface area contributed by atoms with Gasteiger partial charge in [0.05, 0.1) is 5.41 Å². The van der Waals surface area contributed by atoms with Crippen LogP contribution in [0.3, 0.4) is 0 Å². The number of hydrogen-bond donors (Lipinski definition) is 1. The summed E-state index contributed by atoms with van der Waals surface area (Å²) >= 11 is 4.25. The van der Waals surface area contributed by atoms with Gasteiger partial charge in [-0.05, 0) is 56.7 Å². The molecule has 0 N–H and O–H groups in total. The number of rotatable bonds is 5. The maximum atomic E-state index is 12.6. The lowest BCUT2D eigenvalue weighted by Gasteiger charge is -2.15. The smallest absolute Gasteiger partial charge is 0.215 e. The first-order chi connectivity index (χ1) is 15.3. The van der Waals surface area contributed by atoms with Crippen LogP contribution >= 0.6 is 12.6 Å². The molecule has 4 aromatic rings. The zero-order valence-corrected chi connectivity index (χ0v) is 20.0. The van der Waals surface area contributed by atoms with Crippen molar-refractivity contribution in [3.05, 3.63) is 83.3 Å². The van der Waals surface area contributed by atoms with Crippen LogP contribution in [0.2, 0.25) is 0 Å². The molecule has 0 spiro atoms. The summed E-state index contributed by atoms with van der Waals surface area (Å²) in [6.07, 6.45) is 3.54. The van der Waals surface area contributed by atoms with E-state index in [1.54, 1.807) is 0 Å². The van der Waals surface area contributed by atoms with Crippen molar-refractivity contribution in [3.63, 3.8) is 0 Å². The first-order valence-electron chi connectivity index (χ1n) is 11.2. The fourth-order valence-electron chi connectivity index (χ4n) is 5.17. The van der Waals surface area contributed by atoms with E-state index in [-0.39, 0.29) is 11.2 Å². The molecule has 162 valence electrons. The van der Waals surface area contributed by atoms with Crippen LogP contribution in [0.5, 0.6) is 0 Å². The lowest BCUT2D eigenvalue weighted by molar-refractivity contribution is -0.599. The van der Waals surface area contributed by atoms with Crippen molar-refractivity contribution in [1.82, 2.24) is 4.57 Å². The van der Waals surface area contributed by atoms with Crippen LogP contribution in [0.15, 0.2) is 60.8 Å². The highest BCUT2D eigenvalue weighted by Gasteiger charge is 2.44. The van der Waals surface area contributed by atoms with Gasteiger partial charge in [0.2, 0.25) is 5.69 Å². The molecule has 0 saturated carbocycles. The largest absolute Gasteiger partial charge is 0.347 e. The molecule has 4 heteroatoms. The van der Waals surface area contributed by atoms with Gasteiger partial charge in [0.25, 0.3) is 0 Å². The van der Waals surface area contributed by atoms with E-state index in [1.807, 2.05) is 6.07 Å². The van der Waals surface area contributed by atoms with Gasteiger partial charge in [0.1, 0.15) is 0 Å². The Bertz CT molecular complexity index is 1380. The molecule has 0 fully saturated rings. The molecule has 2 aromatic carbocycles. The van der Waals surface area contributed by atoms with Crippen LogP contribution in [0, 0.1) is 6.92 Å². The summed E-state index contributed by atoms with van der Waals surface area (Å²) in [6, 6.07) is 19.3. The van der Waals surface area contributed by atoms with E-state index in [0.29, 0.717) is 6.42 Å². The predicted molar refractivity (Wildman–Crippen MR) is 134 cm³/mol. The average Bonchev–Trinajstić information content (AvgIpc) is 3.19. The van der Waals surface area contributed by atoms with Crippen molar-refractivity contribution in [3.8, 4) is 16.8 Å². The number of thiol groups is 1. The van der Waals surface area contributed by atoms with Crippen LogP contribution in [0.1, 0.15) is 54.0 Å². The highest BCUT2D eigenvalue weighted by Crippen LogP contribution is 2.41. The highest BCUT2D eigenvalue weighted by atomic mass is 32.1. The summed E-state index contributed by atoms with van der Waals surface area (Å²) in [4.78, 5) is 12.6. The zero-order valence-electron chi connectivity index (χ0n) is 19.1. The van der Waals surface area contributed by atoms with Gasteiger partial charge in [-0.3, -0.25) is 4.79 Å². The number of carbonyl (C=O) groups is 1. The summed E-state index contributed by atoms with van der Waals surface area (Å²) in [5.41, 5.74) is 9.27. The minimum atomic E-state index is -0.191. The maximum Gasteiger partial charge on any atom is 0.215 e. The van der Waals surface area contributed by atoms with Crippen LogP contribution < -0.4 is 4.57 Å². The third-order valence-electron chi connectivity index (χ3n) is 7.10. The van der Waals surface area contributed by atoms with Crippen molar-refractivity contribution < 1.29 is 9.36 Å². The molecule has 0 atom stereocenters. The average molecular weight is 442 g/mol. The van der Waals surface area contributed by atoms with E-state index in [0.717, 1.165) is 23.4 Å². The topological polar surface area (TPSA) is 25.9 Å². The molecule has 5 rings (SSSR count). The van der Waals surface area contributed by atoms with Gasteiger partial charge in [-0.25, -0.2) is 0 Å². The first-order valence-corrected chi connectivity index (χ1v) is 11.9. The van der Waals surface area contributed by atoms with Gasteiger partial charge in [-0.15, -0.1) is 0 Å². The zero-order chi connectivity index (χ0) is 22.6. The standard InChI is InChI=1S/C28H28N2OS/c1-18-27(21-8-5-6-9-23(21)29(18)4)20-13-14-30-24-12-11-19(25(31)10-7-15-32)16-22(24)28(2,3)26(30)17-20/h5-6,8-9,11-14,16-17H,7,10,15H2,1-4H3/p+1. The lowest BCUT2D eigenvalue weighted by Crippen LogP contribution is -2.34. The number of fused-ring (bicyclic) bond motifs is 4. The number of hydrogen-bond acceptors (Lipinski definition) is 2. The summed E-state index contributed by atoms with van der Waals surface area (Å²) in [5, 5.41) is 1.28. The summed E-state index contributed by atoms with van der Waals surface area (Å²) in [7, 11) is 2.13. The van der Waals surface area contributed by atoms with Gasteiger partial charge < -0.3 is 4.57 Å². The van der Waals surface area contributed by atoms with Crippen molar-refractivity contribution in [2.24, 2.45) is 7.05 Å². The Labute approximate surface area is 195 Å². The molecule has 0 saturated heterocycles. The van der Waals surface area contributed by atoms with Crippen LogP contribution in [0.4, 0.5) is 0 Å². The summed E-state index contributed by atoms with van der Waals surface area (Å²) in [6.45, 7) is 6.71. The van der Waals surface area contributed by atoms with Crippen LogP contribution in [-0.2, 0) is 12.5 Å². The summed E-state index contributed by atoms with van der Waals surface area (Å²) < 4.78 is 4.55. The number of nitrogens with zero attached hydrogens (tertiary/aromatic N) is 2. The third kappa shape index (κ3) is 3.04. The molecule has 0 radical (unpaired) electrons. The molecule has 0 aliphatic carbocycles. The SMILES string of the molecule is Cc1c(-c2cc[n+]3c(c2)C(C)(C)c2cc(C(=O)CCCS)ccc2-3)c2ccccc2n1C. The van der Waals surface area contributed by atoms with E-state index in [2.05, 4.69) is 104 Å². The van der Waals surface area contributed by atoms with E-state index in [1.165, 1.54) is 39.0 Å². The molecule has 3 nitrogen and oxygen atoms in total. The Hall–Kier alpha value is -2.85. The van der Waals surface area contributed by atoms with Crippen LogP contribution in [-0.4, -0.2) is 16.1 Å². The van der Waals surface area contributed by atoms with Gasteiger partial charge >= 0.3 is 0 Å². The third-order valence-corrected chi connectivity index (χ3v) is 7.41. The van der Waals surface area contributed by atoms with Gasteiger partial charge in [-0.1, -0.05) is 18.2 Å². The number of pyridine rings is 1. The van der Waals surface area contributed by atoms with E-state index in [9.17, 15) is 4.79 Å². The second kappa shape index (κ2) is 7.63.